The highest BCUT2D eigenvalue weighted by atomic mass is 32.2. The van der Waals surface area contributed by atoms with E-state index in [2.05, 4.69) is 4.90 Å². The third-order valence-electron chi connectivity index (χ3n) is 3.24. The molecule has 1 aromatic rings. The molecule has 0 radical (unpaired) electrons. The van der Waals surface area contributed by atoms with Gasteiger partial charge < -0.3 is 14.4 Å². The molecule has 1 fully saturated rings. The molecule has 4 nitrogen and oxygen atoms in total. The van der Waals surface area contributed by atoms with Crippen LogP contribution in [0.25, 0.3) is 0 Å². The number of ether oxygens (including phenoxy) is 2. The summed E-state index contributed by atoms with van der Waals surface area (Å²) in [6, 6.07) is 7.20. The fourth-order valence-corrected chi connectivity index (χ4v) is 3.25. The Morgan fingerprint density at radius 1 is 1.33 bits per heavy atom. The number of ketones is 1. The molecule has 0 unspecified atom stereocenters. The Bertz CT molecular complexity index is 484. The van der Waals surface area contributed by atoms with Crippen molar-refractivity contribution in [2.75, 3.05) is 39.2 Å². The first kappa shape index (κ1) is 16.3. The molecule has 21 heavy (non-hydrogen) atoms. The number of thioether (sulfide) groups is 1. The van der Waals surface area contributed by atoms with E-state index in [1.54, 1.807) is 43.1 Å². The van der Waals surface area contributed by atoms with Gasteiger partial charge in [0.05, 0.1) is 20.3 Å². The molecule has 0 saturated carbocycles. The predicted molar refractivity (Wildman–Crippen MR) is 89.4 cm³/mol. The average molecular weight is 325 g/mol. The lowest BCUT2D eigenvalue weighted by molar-refractivity contribution is 0.0702. The van der Waals surface area contributed by atoms with Gasteiger partial charge in [0.25, 0.3) is 0 Å². The highest BCUT2D eigenvalue weighted by Crippen LogP contribution is 2.16. The molecular weight excluding hydrogens is 306 g/mol. The summed E-state index contributed by atoms with van der Waals surface area (Å²) in [4.78, 5) is 14.2. The Morgan fingerprint density at radius 3 is 2.62 bits per heavy atom. The van der Waals surface area contributed by atoms with E-state index in [1.165, 1.54) is 0 Å². The minimum Gasteiger partial charge on any atom is -0.497 e. The average Bonchev–Trinajstić information content (AvgIpc) is 2.55. The zero-order chi connectivity index (χ0) is 15.1. The number of morpholine rings is 1. The maximum Gasteiger partial charge on any atom is 0.163 e. The van der Waals surface area contributed by atoms with Gasteiger partial charge in [-0.1, -0.05) is 24.0 Å². The summed E-state index contributed by atoms with van der Waals surface area (Å²) in [6.45, 7) is 3.15. The Labute approximate surface area is 134 Å². The fraction of sp³-hybridized carbons (Fsp3) is 0.467. The number of hydrogen-bond donors (Lipinski definition) is 0. The van der Waals surface area contributed by atoms with Crippen LogP contribution in [0.5, 0.6) is 5.75 Å². The quantitative estimate of drug-likeness (QED) is 0.612. The number of methoxy groups -OCH3 is 1. The van der Waals surface area contributed by atoms with Crippen molar-refractivity contribution in [2.24, 2.45) is 0 Å². The summed E-state index contributed by atoms with van der Waals surface area (Å²) in [5, 5.41) is 0. The number of benzene rings is 1. The molecule has 0 aliphatic carbocycles. The molecule has 1 saturated heterocycles. The van der Waals surface area contributed by atoms with Gasteiger partial charge in [-0.2, -0.15) is 0 Å². The second-order valence-electron chi connectivity index (χ2n) is 4.62. The molecule has 0 N–H and O–H groups in total. The predicted octanol–water partition coefficient (Wildman–Crippen LogP) is 2.62. The fourth-order valence-electron chi connectivity index (χ4n) is 1.99. The number of carbonyl (C=O) groups excluding carboxylic acids is 1. The molecule has 6 heteroatoms. The number of Topliss-reactive ketones (excluding diaryl/α,β-unsaturated/α-hetero) is 1. The van der Waals surface area contributed by atoms with Gasteiger partial charge in [-0.05, 0) is 24.3 Å². The van der Waals surface area contributed by atoms with E-state index in [4.69, 9.17) is 21.7 Å². The van der Waals surface area contributed by atoms with Gasteiger partial charge in [0.1, 0.15) is 10.1 Å². The summed E-state index contributed by atoms with van der Waals surface area (Å²) in [5.74, 6) is 1.60. The van der Waals surface area contributed by atoms with Gasteiger partial charge in [0.2, 0.25) is 0 Å². The van der Waals surface area contributed by atoms with Crippen LogP contribution in [0.2, 0.25) is 0 Å². The second kappa shape index (κ2) is 8.36. The lowest BCUT2D eigenvalue weighted by Crippen LogP contribution is -2.38. The summed E-state index contributed by atoms with van der Waals surface area (Å²) in [6.07, 6.45) is 0.488. The third kappa shape index (κ3) is 4.98. The van der Waals surface area contributed by atoms with Crippen LogP contribution in [0.3, 0.4) is 0 Å². The molecule has 1 heterocycles. The zero-order valence-electron chi connectivity index (χ0n) is 12.0. The van der Waals surface area contributed by atoms with Crippen LogP contribution in [-0.2, 0) is 4.74 Å². The van der Waals surface area contributed by atoms with Crippen molar-refractivity contribution in [1.82, 2.24) is 4.90 Å². The van der Waals surface area contributed by atoms with Crippen LogP contribution in [0.1, 0.15) is 16.8 Å². The van der Waals surface area contributed by atoms with E-state index in [0.717, 1.165) is 36.4 Å². The van der Waals surface area contributed by atoms with Crippen LogP contribution in [-0.4, -0.2) is 54.2 Å². The van der Waals surface area contributed by atoms with E-state index >= 15 is 0 Å². The van der Waals surface area contributed by atoms with Crippen molar-refractivity contribution in [2.45, 2.75) is 6.42 Å². The third-order valence-corrected chi connectivity index (χ3v) is 4.76. The molecule has 0 amide bonds. The van der Waals surface area contributed by atoms with E-state index in [-0.39, 0.29) is 5.78 Å². The largest absolute Gasteiger partial charge is 0.497 e. The van der Waals surface area contributed by atoms with E-state index in [9.17, 15) is 4.79 Å². The van der Waals surface area contributed by atoms with Crippen molar-refractivity contribution in [3.8, 4) is 5.75 Å². The molecule has 1 aromatic carbocycles. The van der Waals surface area contributed by atoms with Gasteiger partial charge >= 0.3 is 0 Å². The van der Waals surface area contributed by atoms with Gasteiger partial charge in [0, 0.05) is 30.8 Å². The van der Waals surface area contributed by atoms with Crippen LogP contribution in [0.4, 0.5) is 0 Å². The number of rotatable bonds is 5. The SMILES string of the molecule is COc1ccc(C(=O)CCSC(=S)N2CCOCC2)cc1. The number of nitrogens with zero attached hydrogens (tertiary/aromatic N) is 1. The van der Waals surface area contributed by atoms with Crippen molar-refractivity contribution in [1.29, 1.82) is 0 Å². The summed E-state index contributed by atoms with van der Waals surface area (Å²) < 4.78 is 11.2. The maximum absolute atomic E-state index is 12.1. The summed E-state index contributed by atoms with van der Waals surface area (Å²) >= 11 is 6.95. The Balaban J connectivity index is 1.74. The van der Waals surface area contributed by atoms with E-state index in [1.807, 2.05) is 0 Å². The van der Waals surface area contributed by atoms with E-state index in [0.29, 0.717) is 17.7 Å². The molecule has 0 aromatic heterocycles. The Hall–Kier alpha value is -1.11. The zero-order valence-corrected chi connectivity index (χ0v) is 13.7. The number of thiocarbonyl (C=S) groups is 1. The molecule has 0 bridgehead atoms. The van der Waals surface area contributed by atoms with E-state index < -0.39 is 0 Å². The molecule has 1 aliphatic rings. The second-order valence-corrected chi connectivity index (χ2v) is 6.34. The maximum atomic E-state index is 12.1. The number of hydrogen-bond acceptors (Lipinski definition) is 5. The molecule has 0 atom stereocenters. The van der Waals surface area contributed by atoms with Crippen LogP contribution < -0.4 is 4.74 Å². The lowest BCUT2D eigenvalue weighted by atomic mass is 10.1. The van der Waals surface area contributed by atoms with Crippen LogP contribution >= 0.6 is 24.0 Å². The molecular formula is C15H19NO3S2. The van der Waals surface area contributed by atoms with Gasteiger partial charge in [-0.3, -0.25) is 4.79 Å². The lowest BCUT2D eigenvalue weighted by Gasteiger charge is -2.28. The summed E-state index contributed by atoms with van der Waals surface area (Å²) in [7, 11) is 1.61. The molecule has 114 valence electrons. The highest BCUT2D eigenvalue weighted by Gasteiger charge is 2.14. The Morgan fingerprint density at radius 2 is 2.00 bits per heavy atom. The van der Waals surface area contributed by atoms with Gasteiger partial charge in [-0.25, -0.2) is 0 Å². The van der Waals surface area contributed by atoms with Gasteiger partial charge in [-0.15, -0.1) is 0 Å². The van der Waals surface area contributed by atoms with Crippen molar-refractivity contribution >= 4 is 34.1 Å². The smallest absolute Gasteiger partial charge is 0.163 e. The molecule has 0 spiro atoms. The topological polar surface area (TPSA) is 38.8 Å². The first-order chi connectivity index (χ1) is 10.2. The minimum atomic E-state index is 0.134. The highest BCUT2D eigenvalue weighted by molar-refractivity contribution is 8.22. The molecule has 2 rings (SSSR count). The Kier molecular flexibility index (Phi) is 6.48. The van der Waals surface area contributed by atoms with Crippen molar-refractivity contribution in [3.05, 3.63) is 29.8 Å². The van der Waals surface area contributed by atoms with Crippen molar-refractivity contribution < 1.29 is 14.3 Å². The summed E-state index contributed by atoms with van der Waals surface area (Å²) in [5.41, 5.74) is 0.716. The van der Waals surface area contributed by atoms with Crippen LogP contribution in [0, 0.1) is 0 Å². The first-order valence-electron chi connectivity index (χ1n) is 6.87. The first-order valence-corrected chi connectivity index (χ1v) is 8.27. The number of carbonyl (C=O) groups is 1. The standard InChI is InChI=1S/C15H19NO3S2/c1-18-13-4-2-12(3-5-13)14(17)6-11-21-15(20)16-7-9-19-10-8-16/h2-5H,6-11H2,1H3. The normalized spacial score (nSPS) is 14.8. The van der Waals surface area contributed by atoms with Crippen molar-refractivity contribution in [3.63, 3.8) is 0 Å². The minimum absolute atomic E-state index is 0.134. The van der Waals surface area contributed by atoms with Gasteiger partial charge in [0.15, 0.2) is 5.78 Å². The monoisotopic (exact) mass is 325 g/mol. The molecule has 1 aliphatic heterocycles. The van der Waals surface area contributed by atoms with Crippen LogP contribution in [0.15, 0.2) is 24.3 Å².